The number of para-hydroxylation sites is 1. The first-order chi connectivity index (χ1) is 13.5. The summed E-state index contributed by atoms with van der Waals surface area (Å²) in [5.74, 6) is 0.361. The second-order valence-corrected chi connectivity index (χ2v) is 6.55. The molecule has 6 heteroatoms. The number of hydrogen-bond acceptors (Lipinski definition) is 4. The van der Waals surface area contributed by atoms with Crippen LogP contribution >= 0.6 is 11.6 Å². The van der Waals surface area contributed by atoms with Gasteiger partial charge in [0.05, 0.1) is 27.4 Å². The van der Waals surface area contributed by atoms with Gasteiger partial charge in [0.2, 0.25) is 0 Å². The molecule has 0 N–H and O–H groups in total. The first kappa shape index (κ1) is 21.6. The molecule has 0 unspecified atom stereocenters. The van der Waals surface area contributed by atoms with Gasteiger partial charge in [0, 0.05) is 10.8 Å². The molecule has 28 heavy (non-hydrogen) atoms. The van der Waals surface area contributed by atoms with Crippen molar-refractivity contribution in [2.24, 2.45) is 0 Å². The van der Waals surface area contributed by atoms with Crippen molar-refractivity contribution in [3.05, 3.63) is 71.3 Å². The van der Waals surface area contributed by atoms with E-state index in [0.717, 1.165) is 27.0 Å². The molecular weight excluding hydrogens is 375 g/mol. The van der Waals surface area contributed by atoms with E-state index >= 15 is 0 Å². The van der Waals surface area contributed by atoms with Crippen LogP contribution in [0.25, 0.3) is 21.8 Å². The number of aryl methyl sites for hydroxylation is 1. The van der Waals surface area contributed by atoms with E-state index in [2.05, 4.69) is 33.8 Å². The summed E-state index contributed by atoms with van der Waals surface area (Å²) in [6.07, 6.45) is 0.930. The van der Waals surface area contributed by atoms with Gasteiger partial charge in [-0.1, -0.05) is 63.6 Å². The zero-order valence-corrected chi connectivity index (χ0v) is 17.5. The SMILES string of the molecule is CC.CC(C)c1ncnc2cccc(Cl)c12.Cc1nc(F)nc2ccccc12. The fraction of sp³-hybridized carbons (Fsp3) is 0.273. The molecule has 0 spiro atoms. The van der Waals surface area contributed by atoms with E-state index in [9.17, 15) is 4.39 Å². The highest BCUT2D eigenvalue weighted by atomic mass is 35.5. The lowest BCUT2D eigenvalue weighted by atomic mass is 10.0. The molecule has 146 valence electrons. The van der Waals surface area contributed by atoms with Crippen LogP contribution in [-0.4, -0.2) is 19.9 Å². The van der Waals surface area contributed by atoms with E-state index < -0.39 is 6.08 Å². The summed E-state index contributed by atoms with van der Waals surface area (Å²) in [6, 6.07) is 13.1. The summed E-state index contributed by atoms with van der Waals surface area (Å²) < 4.78 is 12.7. The predicted molar refractivity (Wildman–Crippen MR) is 114 cm³/mol. The van der Waals surface area contributed by atoms with Crippen molar-refractivity contribution in [3.63, 3.8) is 0 Å². The van der Waals surface area contributed by atoms with Crippen LogP contribution in [0.5, 0.6) is 0 Å². The topological polar surface area (TPSA) is 51.6 Å². The Hall–Kier alpha value is -2.66. The summed E-state index contributed by atoms with van der Waals surface area (Å²) in [7, 11) is 0. The maximum absolute atomic E-state index is 12.7. The quantitative estimate of drug-likeness (QED) is 0.343. The molecule has 4 aromatic rings. The van der Waals surface area contributed by atoms with Crippen LogP contribution < -0.4 is 0 Å². The predicted octanol–water partition coefficient (Wildman–Crippen LogP) is 6.51. The maximum Gasteiger partial charge on any atom is 0.309 e. The molecule has 4 rings (SSSR count). The second-order valence-electron chi connectivity index (χ2n) is 6.14. The lowest BCUT2D eigenvalue weighted by molar-refractivity contribution is 0.541. The van der Waals surface area contributed by atoms with E-state index in [4.69, 9.17) is 11.6 Å². The van der Waals surface area contributed by atoms with Crippen LogP contribution in [0.1, 0.15) is 45.0 Å². The summed E-state index contributed by atoms with van der Waals surface area (Å²) >= 11 is 6.13. The molecule has 0 bridgehead atoms. The van der Waals surface area contributed by atoms with Crippen LogP contribution in [-0.2, 0) is 0 Å². The Bertz CT molecular complexity index is 1060. The van der Waals surface area contributed by atoms with Crippen LogP contribution in [0.15, 0.2) is 48.8 Å². The van der Waals surface area contributed by atoms with Crippen molar-refractivity contribution < 1.29 is 4.39 Å². The zero-order chi connectivity index (χ0) is 20.7. The number of benzene rings is 2. The van der Waals surface area contributed by atoms with Crippen LogP contribution in [0.2, 0.25) is 5.02 Å². The van der Waals surface area contributed by atoms with E-state index in [1.165, 1.54) is 0 Å². The minimum absolute atomic E-state index is 0.361. The van der Waals surface area contributed by atoms with Gasteiger partial charge in [0.25, 0.3) is 0 Å². The fourth-order valence-corrected chi connectivity index (χ4v) is 3.00. The number of nitrogens with zero attached hydrogens (tertiary/aromatic N) is 4. The zero-order valence-electron chi connectivity index (χ0n) is 16.7. The van der Waals surface area contributed by atoms with E-state index in [1.807, 2.05) is 50.2 Å². The van der Waals surface area contributed by atoms with Crippen molar-refractivity contribution in [2.45, 2.75) is 40.5 Å². The normalized spacial score (nSPS) is 10.3. The molecule has 0 amide bonds. The molecule has 0 radical (unpaired) electrons. The molecular formula is C22H24ClFN4. The summed E-state index contributed by atoms with van der Waals surface area (Å²) in [4.78, 5) is 15.7. The molecule has 0 aliphatic carbocycles. The maximum atomic E-state index is 12.7. The van der Waals surface area contributed by atoms with Crippen LogP contribution in [0.4, 0.5) is 4.39 Å². The van der Waals surface area contributed by atoms with E-state index in [1.54, 1.807) is 19.3 Å². The van der Waals surface area contributed by atoms with Crippen molar-refractivity contribution in [2.75, 3.05) is 0 Å². The molecule has 2 aromatic heterocycles. The Balaban J connectivity index is 0.000000186. The van der Waals surface area contributed by atoms with Gasteiger partial charge in [0.1, 0.15) is 6.33 Å². The van der Waals surface area contributed by atoms with Crippen molar-refractivity contribution in [3.8, 4) is 0 Å². The molecule has 0 saturated heterocycles. The summed E-state index contributed by atoms with van der Waals surface area (Å²) in [5.41, 5.74) is 3.26. The Morgan fingerprint density at radius 2 is 1.57 bits per heavy atom. The smallest absolute Gasteiger partial charge is 0.240 e. The van der Waals surface area contributed by atoms with Gasteiger partial charge in [-0.05, 0) is 31.0 Å². The highest BCUT2D eigenvalue weighted by Crippen LogP contribution is 2.28. The first-order valence-electron chi connectivity index (χ1n) is 9.25. The number of fused-ring (bicyclic) bond motifs is 2. The number of halogens is 2. The third-order valence-electron chi connectivity index (χ3n) is 3.95. The van der Waals surface area contributed by atoms with Crippen molar-refractivity contribution >= 4 is 33.4 Å². The van der Waals surface area contributed by atoms with E-state index in [-0.39, 0.29) is 0 Å². The Labute approximate surface area is 169 Å². The average molecular weight is 399 g/mol. The minimum atomic E-state index is -0.661. The monoisotopic (exact) mass is 398 g/mol. The summed E-state index contributed by atoms with van der Waals surface area (Å²) in [6.45, 7) is 9.98. The Morgan fingerprint density at radius 1 is 0.893 bits per heavy atom. The molecule has 0 saturated carbocycles. The third-order valence-corrected chi connectivity index (χ3v) is 4.27. The number of aromatic nitrogens is 4. The van der Waals surface area contributed by atoms with Gasteiger partial charge in [-0.3, -0.25) is 0 Å². The lowest BCUT2D eigenvalue weighted by Gasteiger charge is -2.08. The fourth-order valence-electron chi connectivity index (χ4n) is 2.73. The molecule has 2 heterocycles. The van der Waals surface area contributed by atoms with Gasteiger partial charge >= 0.3 is 6.08 Å². The van der Waals surface area contributed by atoms with Gasteiger partial charge < -0.3 is 0 Å². The standard InChI is InChI=1S/C11H11ClN2.C9H7FN2.C2H6/c1-7(2)11-10-8(12)4-3-5-9(10)13-6-14-11;1-6-7-4-2-3-5-8(7)12-9(10)11-6;1-2/h3-7H,1-2H3;2-5H,1H3;1-2H3. The lowest BCUT2D eigenvalue weighted by Crippen LogP contribution is -1.95. The number of rotatable bonds is 1. The third kappa shape index (κ3) is 4.98. The molecule has 0 aliphatic rings. The van der Waals surface area contributed by atoms with Crippen LogP contribution in [0, 0.1) is 13.0 Å². The molecule has 4 nitrogen and oxygen atoms in total. The van der Waals surface area contributed by atoms with Crippen LogP contribution in [0.3, 0.4) is 0 Å². The van der Waals surface area contributed by atoms with Crippen molar-refractivity contribution in [1.29, 1.82) is 0 Å². The number of hydrogen-bond donors (Lipinski definition) is 0. The minimum Gasteiger partial charge on any atom is -0.240 e. The van der Waals surface area contributed by atoms with Gasteiger partial charge in [-0.25, -0.2) is 19.9 Å². The van der Waals surface area contributed by atoms with E-state index in [0.29, 0.717) is 17.1 Å². The average Bonchev–Trinajstić information content (AvgIpc) is 2.70. The molecule has 0 atom stereocenters. The molecule has 0 fully saturated rings. The second kappa shape index (κ2) is 10.0. The van der Waals surface area contributed by atoms with Gasteiger partial charge in [-0.2, -0.15) is 4.39 Å². The highest BCUT2D eigenvalue weighted by Gasteiger charge is 2.09. The van der Waals surface area contributed by atoms with Gasteiger partial charge in [0.15, 0.2) is 0 Å². The largest absolute Gasteiger partial charge is 0.309 e. The summed E-state index contributed by atoms with van der Waals surface area (Å²) in [5, 5.41) is 2.61. The van der Waals surface area contributed by atoms with Crippen molar-refractivity contribution in [1.82, 2.24) is 19.9 Å². The Morgan fingerprint density at radius 3 is 2.29 bits per heavy atom. The highest BCUT2D eigenvalue weighted by molar-refractivity contribution is 6.35. The first-order valence-corrected chi connectivity index (χ1v) is 9.63. The molecule has 0 aliphatic heterocycles. The van der Waals surface area contributed by atoms with Gasteiger partial charge in [-0.15, -0.1) is 0 Å². The Kier molecular flexibility index (Phi) is 7.76. The molecule has 2 aromatic carbocycles.